The van der Waals surface area contributed by atoms with Crippen molar-refractivity contribution in [1.82, 2.24) is 13.8 Å². The first kappa shape index (κ1) is 18.4. The lowest BCUT2D eigenvalue weighted by atomic mass is 10.1. The lowest BCUT2D eigenvalue weighted by Gasteiger charge is -2.20. The van der Waals surface area contributed by atoms with E-state index in [-0.39, 0.29) is 10.5 Å². The van der Waals surface area contributed by atoms with Gasteiger partial charge in [-0.25, -0.2) is 12.7 Å². The maximum atomic E-state index is 12.2. The second-order valence-corrected chi connectivity index (χ2v) is 8.19. The molecule has 0 aliphatic carbocycles. The Kier molecular flexibility index (Phi) is 5.58. The number of hydrogen-bond acceptors (Lipinski definition) is 4. The van der Waals surface area contributed by atoms with Crippen LogP contribution in [0.5, 0.6) is 0 Å². The minimum Gasteiger partial charge on any atom is -0.301 e. The van der Waals surface area contributed by atoms with Gasteiger partial charge < -0.3 is 4.57 Å². The number of benzene rings is 1. The Hall–Kier alpha value is -1.96. The quantitative estimate of drug-likeness (QED) is 0.793. The van der Waals surface area contributed by atoms with Crippen LogP contribution in [0.1, 0.15) is 11.1 Å². The van der Waals surface area contributed by atoms with Crippen LogP contribution in [-0.4, -0.2) is 43.3 Å². The van der Waals surface area contributed by atoms with Crippen LogP contribution >= 0.6 is 0 Å². The third-order valence-corrected chi connectivity index (χ3v) is 5.63. The van der Waals surface area contributed by atoms with Gasteiger partial charge in [0.1, 0.15) is 0 Å². The van der Waals surface area contributed by atoms with Crippen molar-refractivity contribution >= 4 is 10.0 Å². The molecule has 2 rings (SSSR count). The fraction of sp³-hybridized carbons (Fsp3) is 0.353. The van der Waals surface area contributed by atoms with Gasteiger partial charge in [0.2, 0.25) is 10.0 Å². The van der Waals surface area contributed by atoms with Gasteiger partial charge in [0.25, 0.3) is 5.56 Å². The van der Waals surface area contributed by atoms with Crippen LogP contribution in [0.2, 0.25) is 0 Å². The van der Waals surface area contributed by atoms with Gasteiger partial charge >= 0.3 is 0 Å². The van der Waals surface area contributed by atoms with Crippen molar-refractivity contribution in [1.29, 1.82) is 0 Å². The van der Waals surface area contributed by atoms with Crippen LogP contribution in [-0.2, 0) is 23.2 Å². The van der Waals surface area contributed by atoms with Gasteiger partial charge in [-0.3, -0.25) is 9.69 Å². The normalized spacial score (nSPS) is 12.1. The van der Waals surface area contributed by atoms with Gasteiger partial charge in [0, 0.05) is 32.9 Å². The van der Waals surface area contributed by atoms with Gasteiger partial charge in [-0.15, -0.1) is 0 Å². The lowest BCUT2D eigenvalue weighted by Crippen LogP contribution is -2.31. The molecule has 24 heavy (non-hydrogen) atoms. The van der Waals surface area contributed by atoms with Crippen molar-refractivity contribution < 1.29 is 8.42 Å². The summed E-state index contributed by atoms with van der Waals surface area (Å²) in [5, 5.41) is 0. The molecular weight excluding hydrogens is 326 g/mol. The van der Waals surface area contributed by atoms with Crippen LogP contribution in [0.15, 0.2) is 52.3 Å². The minimum absolute atomic E-state index is 0.108. The Labute approximate surface area is 143 Å². The van der Waals surface area contributed by atoms with Gasteiger partial charge in [0.05, 0.1) is 11.6 Å². The van der Waals surface area contributed by atoms with Gasteiger partial charge in [-0.1, -0.05) is 24.3 Å². The molecule has 0 saturated carbocycles. The number of sulfonamides is 1. The summed E-state index contributed by atoms with van der Waals surface area (Å²) < 4.78 is 27.0. The van der Waals surface area contributed by atoms with Crippen molar-refractivity contribution in [2.75, 3.05) is 21.1 Å². The molecule has 0 N–H and O–H groups in total. The molecule has 0 radical (unpaired) electrons. The average Bonchev–Trinajstić information content (AvgIpc) is 2.51. The van der Waals surface area contributed by atoms with E-state index in [1.165, 1.54) is 48.1 Å². The van der Waals surface area contributed by atoms with E-state index in [2.05, 4.69) is 0 Å². The van der Waals surface area contributed by atoms with Gasteiger partial charge in [-0.05, 0) is 31.2 Å². The zero-order chi connectivity index (χ0) is 17.9. The molecule has 130 valence electrons. The molecule has 0 fully saturated rings. The summed E-state index contributed by atoms with van der Waals surface area (Å²) in [6, 6.07) is 10.7. The summed E-state index contributed by atoms with van der Waals surface area (Å²) in [5.74, 6) is 0. The smallest absolute Gasteiger partial charge is 0.251 e. The third kappa shape index (κ3) is 4.11. The standard InChI is InChI=1S/C17H23N3O3S/c1-14-7-5-6-8-15(14)11-19(4)13-20-12-16(9-10-17(20)21)24(22,23)18(2)3/h5-10,12H,11,13H2,1-4H3. The Morgan fingerprint density at radius 1 is 1.04 bits per heavy atom. The molecule has 0 atom stereocenters. The molecule has 0 aliphatic heterocycles. The molecule has 0 unspecified atom stereocenters. The van der Waals surface area contributed by atoms with Crippen molar-refractivity contribution in [2.24, 2.45) is 0 Å². The lowest BCUT2D eigenvalue weighted by molar-refractivity contribution is 0.255. The molecule has 1 heterocycles. The first-order valence-electron chi connectivity index (χ1n) is 7.58. The van der Waals surface area contributed by atoms with Crippen LogP contribution < -0.4 is 5.56 Å². The molecule has 0 saturated heterocycles. The molecule has 7 heteroatoms. The van der Waals surface area contributed by atoms with Gasteiger partial charge in [0.15, 0.2) is 0 Å². The molecule has 1 aromatic carbocycles. The first-order valence-corrected chi connectivity index (χ1v) is 9.02. The minimum atomic E-state index is -3.56. The molecule has 0 spiro atoms. The molecule has 1 aromatic heterocycles. The van der Waals surface area contributed by atoms with E-state index in [0.717, 1.165) is 4.31 Å². The SMILES string of the molecule is Cc1ccccc1CN(C)Cn1cc(S(=O)(=O)N(C)C)ccc1=O. The summed E-state index contributed by atoms with van der Waals surface area (Å²) in [5.41, 5.74) is 2.12. The summed E-state index contributed by atoms with van der Waals surface area (Å²) in [7, 11) is 1.27. The second kappa shape index (κ2) is 7.29. The van der Waals surface area contributed by atoms with Crippen molar-refractivity contribution in [3.05, 3.63) is 64.1 Å². The topological polar surface area (TPSA) is 62.6 Å². The van der Waals surface area contributed by atoms with Crippen molar-refractivity contribution in [3.8, 4) is 0 Å². The number of nitrogens with zero attached hydrogens (tertiary/aromatic N) is 3. The van der Waals surface area contributed by atoms with E-state index in [1.807, 2.05) is 43.1 Å². The number of hydrogen-bond donors (Lipinski definition) is 0. The fourth-order valence-electron chi connectivity index (χ4n) is 2.37. The highest BCUT2D eigenvalue weighted by Gasteiger charge is 2.18. The maximum Gasteiger partial charge on any atom is 0.251 e. The van der Waals surface area contributed by atoms with Gasteiger partial charge in [-0.2, -0.15) is 0 Å². The van der Waals surface area contributed by atoms with Crippen molar-refractivity contribution in [2.45, 2.75) is 25.0 Å². The zero-order valence-electron chi connectivity index (χ0n) is 14.4. The van der Waals surface area contributed by atoms with E-state index >= 15 is 0 Å². The average molecular weight is 349 g/mol. The molecule has 0 amide bonds. The van der Waals surface area contributed by atoms with Crippen molar-refractivity contribution in [3.63, 3.8) is 0 Å². The number of rotatable bonds is 6. The number of pyridine rings is 1. The Morgan fingerprint density at radius 2 is 1.71 bits per heavy atom. The van der Waals surface area contributed by atoms with E-state index in [0.29, 0.717) is 13.2 Å². The molecule has 0 aliphatic rings. The number of aromatic nitrogens is 1. The zero-order valence-corrected chi connectivity index (χ0v) is 15.2. The Bertz CT molecular complexity index is 873. The third-order valence-electron chi connectivity index (χ3n) is 3.83. The number of aryl methyl sites for hydroxylation is 1. The highest BCUT2D eigenvalue weighted by molar-refractivity contribution is 7.89. The predicted octanol–water partition coefficient (Wildman–Crippen LogP) is 1.50. The summed E-state index contributed by atoms with van der Waals surface area (Å²) in [4.78, 5) is 14.1. The maximum absolute atomic E-state index is 12.2. The highest BCUT2D eigenvalue weighted by atomic mass is 32.2. The van der Waals surface area contributed by atoms with E-state index in [9.17, 15) is 13.2 Å². The summed E-state index contributed by atoms with van der Waals surface area (Å²) in [6.45, 7) is 3.02. The van der Waals surface area contributed by atoms with Crippen LogP contribution in [0.3, 0.4) is 0 Å². The first-order chi connectivity index (χ1) is 11.2. The van der Waals surface area contributed by atoms with E-state index in [1.54, 1.807) is 0 Å². The molecule has 0 bridgehead atoms. The van der Waals surface area contributed by atoms with E-state index < -0.39 is 10.0 Å². The second-order valence-electron chi connectivity index (χ2n) is 6.04. The molecular formula is C17H23N3O3S. The Balaban J connectivity index is 2.23. The molecule has 6 nitrogen and oxygen atoms in total. The molecule has 2 aromatic rings. The predicted molar refractivity (Wildman–Crippen MR) is 94.2 cm³/mol. The monoisotopic (exact) mass is 349 g/mol. The van der Waals surface area contributed by atoms with E-state index in [4.69, 9.17) is 0 Å². The van der Waals surface area contributed by atoms with Crippen LogP contribution in [0.4, 0.5) is 0 Å². The largest absolute Gasteiger partial charge is 0.301 e. The van der Waals surface area contributed by atoms with Crippen LogP contribution in [0.25, 0.3) is 0 Å². The summed E-state index contributed by atoms with van der Waals surface area (Å²) in [6.07, 6.45) is 1.39. The van der Waals surface area contributed by atoms with Crippen LogP contribution in [0, 0.1) is 6.92 Å². The fourth-order valence-corrected chi connectivity index (χ4v) is 3.29. The summed E-state index contributed by atoms with van der Waals surface area (Å²) >= 11 is 0. The highest BCUT2D eigenvalue weighted by Crippen LogP contribution is 2.12. The Morgan fingerprint density at radius 3 is 2.33 bits per heavy atom.